The molecule has 0 saturated carbocycles. The van der Waals surface area contributed by atoms with Gasteiger partial charge in [-0.3, -0.25) is 15.6 Å². The first-order valence-electron chi connectivity index (χ1n) is 7.04. The number of thiazole rings is 1. The zero-order chi connectivity index (χ0) is 15.7. The van der Waals surface area contributed by atoms with Crippen molar-refractivity contribution in [3.63, 3.8) is 0 Å². The SMILES string of the molecule is Cc1ccc(C)c(C(=O)NNc2nc3ccc(C)cc3s2)c1. The van der Waals surface area contributed by atoms with Gasteiger partial charge in [0.15, 0.2) is 0 Å². The fraction of sp³-hybridized carbons (Fsp3) is 0.176. The van der Waals surface area contributed by atoms with Crippen LogP contribution in [0.2, 0.25) is 0 Å². The highest BCUT2D eigenvalue weighted by Gasteiger charge is 2.10. The van der Waals surface area contributed by atoms with Gasteiger partial charge < -0.3 is 0 Å². The van der Waals surface area contributed by atoms with E-state index in [0.717, 1.165) is 21.3 Å². The molecular formula is C17H17N3OS. The average Bonchev–Trinajstić information content (AvgIpc) is 2.89. The van der Waals surface area contributed by atoms with Gasteiger partial charge in [0.25, 0.3) is 5.91 Å². The van der Waals surface area contributed by atoms with Crippen molar-refractivity contribution in [3.05, 3.63) is 58.7 Å². The van der Waals surface area contributed by atoms with Crippen LogP contribution in [0, 0.1) is 20.8 Å². The molecule has 0 aliphatic rings. The zero-order valence-electron chi connectivity index (χ0n) is 12.7. The minimum Gasteiger partial charge on any atom is -0.273 e. The predicted octanol–water partition coefficient (Wildman–Crippen LogP) is 3.98. The molecule has 0 unspecified atom stereocenters. The lowest BCUT2D eigenvalue weighted by atomic mass is 10.1. The van der Waals surface area contributed by atoms with Gasteiger partial charge in [-0.25, -0.2) is 4.98 Å². The van der Waals surface area contributed by atoms with Crippen molar-refractivity contribution in [2.24, 2.45) is 0 Å². The van der Waals surface area contributed by atoms with Crippen molar-refractivity contribution in [1.82, 2.24) is 10.4 Å². The number of carbonyl (C=O) groups is 1. The Bertz CT molecular complexity index is 854. The van der Waals surface area contributed by atoms with Crippen LogP contribution in [-0.4, -0.2) is 10.9 Å². The molecule has 0 radical (unpaired) electrons. The van der Waals surface area contributed by atoms with Crippen LogP contribution in [0.15, 0.2) is 36.4 Å². The quantitative estimate of drug-likeness (QED) is 0.719. The van der Waals surface area contributed by atoms with E-state index in [1.165, 1.54) is 16.9 Å². The van der Waals surface area contributed by atoms with Gasteiger partial charge in [-0.15, -0.1) is 0 Å². The van der Waals surface area contributed by atoms with E-state index in [4.69, 9.17) is 0 Å². The molecule has 22 heavy (non-hydrogen) atoms. The molecule has 5 heteroatoms. The third kappa shape index (κ3) is 2.94. The third-order valence-corrected chi connectivity index (χ3v) is 4.40. The van der Waals surface area contributed by atoms with Crippen LogP contribution < -0.4 is 10.9 Å². The van der Waals surface area contributed by atoms with Gasteiger partial charge >= 0.3 is 0 Å². The van der Waals surface area contributed by atoms with Crippen molar-refractivity contribution >= 4 is 32.6 Å². The maximum Gasteiger partial charge on any atom is 0.269 e. The number of rotatable bonds is 3. The summed E-state index contributed by atoms with van der Waals surface area (Å²) in [6, 6.07) is 11.9. The predicted molar refractivity (Wildman–Crippen MR) is 91.4 cm³/mol. The van der Waals surface area contributed by atoms with E-state index in [-0.39, 0.29) is 5.91 Å². The minimum absolute atomic E-state index is 0.156. The van der Waals surface area contributed by atoms with E-state index in [0.29, 0.717) is 10.7 Å². The van der Waals surface area contributed by atoms with Crippen LogP contribution in [0.1, 0.15) is 27.0 Å². The first-order valence-corrected chi connectivity index (χ1v) is 7.85. The van der Waals surface area contributed by atoms with E-state index >= 15 is 0 Å². The summed E-state index contributed by atoms with van der Waals surface area (Å²) in [5.74, 6) is -0.156. The maximum atomic E-state index is 12.3. The molecule has 1 amide bonds. The van der Waals surface area contributed by atoms with E-state index in [1.54, 1.807) is 0 Å². The summed E-state index contributed by atoms with van der Waals surface area (Å²) in [7, 11) is 0. The number of nitrogens with zero attached hydrogens (tertiary/aromatic N) is 1. The lowest BCUT2D eigenvalue weighted by Gasteiger charge is -2.08. The van der Waals surface area contributed by atoms with Gasteiger partial charge in [-0.2, -0.15) is 0 Å². The number of hydrogen-bond donors (Lipinski definition) is 2. The molecule has 1 heterocycles. The van der Waals surface area contributed by atoms with Gasteiger partial charge in [-0.05, 0) is 50.1 Å². The number of hydrogen-bond acceptors (Lipinski definition) is 4. The Morgan fingerprint density at radius 1 is 1.05 bits per heavy atom. The molecule has 2 N–H and O–H groups in total. The summed E-state index contributed by atoms with van der Waals surface area (Å²) in [6.07, 6.45) is 0. The van der Waals surface area contributed by atoms with Crippen molar-refractivity contribution in [1.29, 1.82) is 0 Å². The lowest BCUT2D eigenvalue weighted by Crippen LogP contribution is -2.29. The molecule has 0 bridgehead atoms. The van der Waals surface area contributed by atoms with Crippen LogP contribution >= 0.6 is 11.3 Å². The Balaban J connectivity index is 1.75. The minimum atomic E-state index is -0.156. The number of aryl methyl sites for hydroxylation is 3. The second kappa shape index (κ2) is 5.77. The lowest BCUT2D eigenvalue weighted by molar-refractivity contribution is 0.0962. The van der Waals surface area contributed by atoms with Crippen molar-refractivity contribution in [3.8, 4) is 0 Å². The number of aromatic nitrogens is 1. The fourth-order valence-corrected chi connectivity index (χ4v) is 3.16. The van der Waals surface area contributed by atoms with Crippen LogP contribution in [0.25, 0.3) is 10.2 Å². The van der Waals surface area contributed by atoms with E-state index < -0.39 is 0 Å². The summed E-state index contributed by atoms with van der Waals surface area (Å²) in [6.45, 7) is 5.95. The van der Waals surface area contributed by atoms with Crippen LogP contribution in [0.5, 0.6) is 0 Å². The number of fused-ring (bicyclic) bond motifs is 1. The van der Waals surface area contributed by atoms with Crippen molar-refractivity contribution in [2.75, 3.05) is 5.43 Å². The molecule has 0 spiro atoms. The molecule has 0 fully saturated rings. The van der Waals surface area contributed by atoms with Crippen LogP contribution in [0.3, 0.4) is 0 Å². The molecule has 4 nitrogen and oxygen atoms in total. The average molecular weight is 311 g/mol. The number of anilines is 1. The van der Waals surface area contributed by atoms with Crippen LogP contribution in [0.4, 0.5) is 5.13 Å². The third-order valence-electron chi connectivity index (χ3n) is 3.46. The fourth-order valence-electron chi connectivity index (χ4n) is 2.24. The van der Waals surface area contributed by atoms with Gasteiger partial charge in [-0.1, -0.05) is 35.1 Å². The molecule has 3 rings (SSSR count). The first-order chi connectivity index (χ1) is 10.5. The Hall–Kier alpha value is -2.40. The molecule has 2 aromatic carbocycles. The van der Waals surface area contributed by atoms with E-state index in [9.17, 15) is 4.79 Å². The van der Waals surface area contributed by atoms with Crippen LogP contribution in [-0.2, 0) is 0 Å². The number of carbonyl (C=O) groups excluding carboxylic acids is 1. The molecule has 3 aromatic rings. The number of nitrogens with one attached hydrogen (secondary N) is 2. The molecule has 0 atom stereocenters. The zero-order valence-corrected chi connectivity index (χ0v) is 13.5. The highest BCUT2D eigenvalue weighted by Crippen LogP contribution is 2.26. The number of hydrazine groups is 1. The Kier molecular flexibility index (Phi) is 3.81. The second-order valence-electron chi connectivity index (χ2n) is 5.39. The second-order valence-corrected chi connectivity index (χ2v) is 6.42. The summed E-state index contributed by atoms with van der Waals surface area (Å²) in [4.78, 5) is 16.7. The van der Waals surface area contributed by atoms with Gasteiger partial charge in [0, 0.05) is 5.56 Å². The molecule has 0 saturated heterocycles. The molecule has 1 aromatic heterocycles. The van der Waals surface area contributed by atoms with Crippen molar-refractivity contribution in [2.45, 2.75) is 20.8 Å². The van der Waals surface area contributed by atoms with Crippen molar-refractivity contribution < 1.29 is 4.79 Å². The molecular weight excluding hydrogens is 294 g/mol. The standard InChI is InChI=1S/C17H17N3OS/c1-10-4-6-12(3)13(8-10)16(21)19-20-17-18-14-7-5-11(2)9-15(14)22-17/h4-9H,1-3H3,(H,18,20)(H,19,21). The van der Waals surface area contributed by atoms with Gasteiger partial charge in [0.2, 0.25) is 5.13 Å². The van der Waals surface area contributed by atoms with E-state index in [2.05, 4.69) is 28.8 Å². The number of benzene rings is 2. The Labute approximate surface area is 133 Å². The molecule has 0 aliphatic heterocycles. The maximum absolute atomic E-state index is 12.3. The normalized spacial score (nSPS) is 10.7. The van der Waals surface area contributed by atoms with Gasteiger partial charge in [0.1, 0.15) is 0 Å². The van der Waals surface area contributed by atoms with E-state index in [1.807, 2.05) is 44.2 Å². The summed E-state index contributed by atoms with van der Waals surface area (Å²) in [5.41, 5.74) is 10.4. The summed E-state index contributed by atoms with van der Waals surface area (Å²) in [5, 5.41) is 0.680. The highest BCUT2D eigenvalue weighted by atomic mass is 32.1. The highest BCUT2D eigenvalue weighted by molar-refractivity contribution is 7.22. The smallest absolute Gasteiger partial charge is 0.269 e. The first kappa shape index (κ1) is 14.5. The number of amides is 1. The Morgan fingerprint density at radius 2 is 1.77 bits per heavy atom. The Morgan fingerprint density at radius 3 is 2.59 bits per heavy atom. The molecule has 0 aliphatic carbocycles. The monoisotopic (exact) mass is 311 g/mol. The molecule has 112 valence electrons. The topological polar surface area (TPSA) is 54.0 Å². The summed E-state index contributed by atoms with van der Waals surface area (Å²) >= 11 is 1.52. The van der Waals surface area contributed by atoms with Gasteiger partial charge in [0.05, 0.1) is 10.2 Å². The largest absolute Gasteiger partial charge is 0.273 e. The summed E-state index contributed by atoms with van der Waals surface area (Å²) < 4.78 is 1.10.